The second-order valence-electron chi connectivity index (χ2n) is 5.30. The lowest BCUT2D eigenvalue weighted by molar-refractivity contribution is -0.172. The molecule has 1 amide bonds. The third kappa shape index (κ3) is 3.35. The van der Waals surface area contributed by atoms with Crippen molar-refractivity contribution in [3.05, 3.63) is 45.7 Å². The van der Waals surface area contributed by atoms with Crippen molar-refractivity contribution < 1.29 is 22.7 Å². The number of hydrogen-bond acceptors (Lipinski definition) is 3. The van der Waals surface area contributed by atoms with Gasteiger partial charge in [-0.05, 0) is 34.6 Å². The second-order valence-corrected chi connectivity index (χ2v) is 6.46. The van der Waals surface area contributed by atoms with Crippen molar-refractivity contribution in [3.8, 4) is 0 Å². The summed E-state index contributed by atoms with van der Waals surface area (Å²) in [6.07, 6.45) is -4.03. The average molecular weight is 451 g/mol. The second kappa shape index (κ2) is 6.61. The first-order chi connectivity index (χ1) is 11.4. The van der Waals surface area contributed by atoms with E-state index in [1.165, 1.54) is 11.1 Å². The number of rotatable bonds is 2. The Kier molecular flexibility index (Phi) is 4.70. The highest BCUT2D eigenvalue weighted by molar-refractivity contribution is 14.1. The minimum atomic E-state index is -4.41. The zero-order valence-corrected chi connectivity index (χ0v) is 14.5. The SMILES string of the molecule is O=C(OCc1ccccc1)N1CCC(C(F)(F)F)n2ncc(I)c21. The molecule has 2 heterocycles. The molecular weight excluding hydrogens is 438 g/mol. The van der Waals surface area contributed by atoms with Crippen LogP contribution in [0.5, 0.6) is 0 Å². The number of ether oxygens (including phenoxy) is 1. The summed E-state index contributed by atoms with van der Waals surface area (Å²) in [5.74, 6) is 0.127. The van der Waals surface area contributed by atoms with Gasteiger partial charge in [0.25, 0.3) is 0 Å². The molecule has 0 N–H and O–H groups in total. The van der Waals surface area contributed by atoms with Gasteiger partial charge in [-0.2, -0.15) is 18.3 Å². The molecular formula is C15H13F3IN3O2. The van der Waals surface area contributed by atoms with Gasteiger partial charge in [-0.1, -0.05) is 30.3 Å². The molecule has 1 aliphatic rings. The molecule has 0 fully saturated rings. The van der Waals surface area contributed by atoms with E-state index in [2.05, 4.69) is 5.10 Å². The molecule has 0 radical (unpaired) electrons. The van der Waals surface area contributed by atoms with E-state index in [0.29, 0.717) is 3.57 Å². The van der Waals surface area contributed by atoms with Crippen molar-refractivity contribution >= 4 is 34.5 Å². The van der Waals surface area contributed by atoms with Crippen LogP contribution in [-0.4, -0.2) is 28.6 Å². The molecule has 1 aromatic carbocycles. The molecule has 1 aliphatic heterocycles. The minimum absolute atomic E-state index is 0.0591. The van der Waals surface area contributed by atoms with Gasteiger partial charge in [0.15, 0.2) is 11.9 Å². The molecule has 5 nitrogen and oxygen atoms in total. The maximum atomic E-state index is 13.1. The van der Waals surface area contributed by atoms with E-state index in [0.717, 1.165) is 10.2 Å². The molecule has 2 aromatic rings. The summed E-state index contributed by atoms with van der Waals surface area (Å²) in [4.78, 5) is 13.5. The topological polar surface area (TPSA) is 47.4 Å². The van der Waals surface area contributed by atoms with E-state index in [1.807, 2.05) is 40.8 Å². The van der Waals surface area contributed by atoms with Gasteiger partial charge < -0.3 is 4.74 Å². The van der Waals surface area contributed by atoms with Crippen molar-refractivity contribution in [2.45, 2.75) is 25.2 Å². The number of nitrogens with zero attached hydrogens (tertiary/aromatic N) is 3. The van der Waals surface area contributed by atoms with Crippen LogP contribution in [-0.2, 0) is 11.3 Å². The monoisotopic (exact) mass is 451 g/mol. The number of carbonyl (C=O) groups is 1. The molecule has 0 aliphatic carbocycles. The van der Waals surface area contributed by atoms with E-state index in [9.17, 15) is 18.0 Å². The Hall–Kier alpha value is -1.78. The van der Waals surface area contributed by atoms with Crippen LogP contribution >= 0.6 is 22.6 Å². The van der Waals surface area contributed by atoms with Crippen LogP contribution in [0.4, 0.5) is 23.8 Å². The van der Waals surface area contributed by atoms with Crippen LogP contribution in [0.1, 0.15) is 18.0 Å². The number of benzene rings is 1. The molecule has 0 saturated carbocycles. The molecule has 0 bridgehead atoms. The molecule has 3 rings (SSSR count). The predicted octanol–water partition coefficient (Wildman–Crippen LogP) is 4.14. The summed E-state index contributed by atoms with van der Waals surface area (Å²) < 4.78 is 45.9. The Bertz CT molecular complexity index is 733. The molecule has 0 spiro atoms. The fourth-order valence-electron chi connectivity index (χ4n) is 2.57. The van der Waals surface area contributed by atoms with Gasteiger partial charge in [0.05, 0.1) is 9.77 Å². The number of anilines is 1. The molecule has 1 aromatic heterocycles. The van der Waals surface area contributed by atoms with Gasteiger partial charge in [0.1, 0.15) is 6.61 Å². The van der Waals surface area contributed by atoms with Crippen LogP contribution in [0.15, 0.2) is 36.5 Å². The summed E-state index contributed by atoms with van der Waals surface area (Å²) >= 11 is 1.87. The number of alkyl halides is 3. The normalized spacial score (nSPS) is 17.5. The van der Waals surface area contributed by atoms with Crippen LogP contribution in [0.3, 0.4) is 0 Å². The lowest BCUT2D eigenvalue weighted by Crippen LogP contribution is -2.43. The van der Waals surface area contributed by atoms with E-state index < -0.39 is 18.3 Å². The fraction of sp³-hybridized carbons (Fsp3) is 0.333. The fourth-order valence-corrected chi connectivity index (χ4v) is 3.24. The van der Waals surface area contributed by atoms with Crippen molar-refractivity contribution in [2.75, 3.05) is 11.4 Å². The zero-order valence-electron chi connectivity index (χ0n) is 12.3. The van der Waals surface area contributed by atoms with Gasteiger partial charge >= 0.3 is 12.3 Å². The summed E-state index contributed by atoms with van der Waals surface area (Å²) in [6, 6.07) is 7.35. The lowest BCUT2D eigenvalue weighted by atomic mass is 10.1. The van der Waals surface area contributed by atoms with E-state index in [4.69, 9.17) is 4.74 Å². The molecule has 0 saturated heterocycles. The van der Waals surface area contributed by atoms with Crippen molar-refractivity contribution in [1.29, 1.82) is 0 Å². The summed E-state index contributed by atoms with van der Waals surface area (Å²) in [5, 5.41) is 3.79. The summed E-state index contributed by atoms with van der Waals surface area (Å²) in [7, 11) is 0. The Morgan fingerprint density at radius 2 is 2.04 bits per heavy atom. The van der Waals surface area contributed by atoms with Crippen molar-refractivity contribution in [3.63, 3.8) is 0 Å². The Morgan fingerprint density at radius 1 is 1.33 bits per heavy atom. The van der Waals surface area contributed by atoms with Gasteiger partial charge in [-0.3, -0.25) is 4.90 Å². The van der Waals surface area contributed by atoms with Crippen LogP contribution in [0, 0.1) is 3.57 Å². The van der Waals surface area contributed by atoms with E-state index in [-0.39, 0.29) is 25.4 Å². The molecule has 1 atom stereocenters. The number of hydrogen-bond donors (Lipinski definition) is 0. The number of halogens is 4. The molecule has 128 valence electrons. The lowest BCUT2D eigenvalue weighted by Gasteiger charge is -2.33. The summed E-state index contributed by atoms with van der Waals surface area (Å²) in [6.45, 7) is -0.0108. The first-order valence-corrected chi connectivity index (χ1v) is 8.23. The van der Waals surface area contributed by atoms with Crippen molar-refractivity contribution in [2.24, 2.45) is 0 Å². The highest BCUT2D eigenvalue weighted by atomic mass is 127. The number of amides is 1. The standard InChI is InChI=1S/C15H13F3IN3O2/c16-15(17,18)12-6-7-21(13-11(19)8-20-22(12)13)14(23)24-9-10-4-2-1-3-5-10/h1-5,8,12H,6-7,9H2. The molecule has 24 heavy (non-hydrogen) atoms. The third-order valence-corrected chi connectivity index (χ3v) is 4.47. The van der Waals surface area contributed by atoms with Gasteiger partial charge in [0.2, 0.25) is 0 Å². The Balaban J connectivity index is 1.79. The van der Waals surface area contributed by atoms with E-state index in [1.54, 1.807) is 12.1 Å². The van der Waals surface area contributed by atoms with Crippen molar-refractivity contribution in [1.82, 2.24) is 9.78 Å². The highest BCUT2D eigenvalue weighted by Gasteiger charge is 2.46. The zero-order chi connectivity index (χ0) is 17.3. The molecule has 9 heteroatoms. The molecule has 1 unspecified atom stereocenters. The summed E-state index contributed by atoms with van der Waals surface area (Å²) in [5.41, 5.74) is 0.805. The Morgan fingerprint density at radius 3 is 2.71 bits per heavy atom. The van der Waals surface area contributed by atoms with Crippen LogP contribution in [0.2, 0.25) is 0 Å². The number of fused-ring (bicyclic) bond motifs is 1. The number of carbonyl (C=O) groups excluding carboxylic acids is 1. The smallest absolute Gasteiger partial charge is 0.415 e. The van der Waals surface area contributed by atoms with E-state index >= 15 is 0 Å². The number of aromatic nitrogens is 2. The predicted molar refractivity (Wildman–Crippen MR) is 88.6 cm³/mol. The Labute approximate surface area is 149 Å². The first kappa shape index (κ1) is 17.1. The van der Waals surface area contributed by atoms with Gasteiger partial charge in [-0.25, -0.2) is 9.48 Å². The van der Waals surface area contributed by atoms with Crippen LogP contribution < -0.4 is 4.90 Å². The average Bonchev–Trinajstić information content (AvgIpc) is 2.94. The minimum Gasteiger partial charge on any atom is -0.444 e. The quantitative estimate of drug-likeness (QED) is 0.646. The highest BCUT2D eigenvalue weighted by Crippen LogP contribution is 2.40. The first-order valence-electron chi connectivity index (χ1n) is 7.16. The third-order valence-electron chi connectivity index (χ3n) is 3.71. The maximum absolute atomic E-state index is 13.1. The van der Waals surface area contributed by atoms with Gasteiger partial charge in [-0.15, -0.1) is 0 Å². The largest absolute Gasteiger partial charge is 0.444 e. The van der Waals surface area contributed by atoms with Crippen LogP contribution in [0.25, 0.3) is 0 Å². The van der Waals surface area contributed by atoms with Gasteiger partial charge in [0, 0.05) is 6.54 Å². The maximum Gasteiger partial charge on any atom is 0.415 e.